The summed E-state index contributed by atoms with van der Waals surface area (Å²) >= 11 is 0. The summed E-state index contributed by atoms with van der Waals surface area (Å²) in [6.45, 7) is 0.353. The molecule has 1 heterocycles. The third kappa shape index (κ3) is 2.97. The minimum atomic E-state index is -0.658. The van der Waals surface area contributed by atoms with E-state index in [2.05, 4.69) is 5.32 Å². The summed E-state index contributed by atoms with van der Waals surface area (Å²) in [5, 5.41) is 13.5. The lowest BCUT2D eigenvalue weighted by molar-refractivity contribution is 0.139. The van der Waals surface area contributed by atoms with E-state index < -0.39 is 17.7 Å². The zero-order chi connectivity index (χ0) is 17.4. The van der Waals surface area contributed by atoms with Crippen LogP contribution in [0.3, 0.4) is 0 Å². The first-order valence-corrected chi connectivity index (χ1v) is 8.16. The van der Waals surface area contributed by atoms with Gasteiger partial charge in [0.1, 0.15) is 23.2 Å². The largest absolute Gasteiger partial charge is 0.460 e. The summed E-state index contributed by atoms with van der Waals surface area (Å²) in [5.41, 5.74) is 2.03. The molecule has 0 saturated carbocycles. The van der Waals surface area contributed by atoms with Crippen LogP contribution in [0.5, 0.6) is 0 Å². The number of hydrogen-bond donors (Lipinski definition) is 2. The van der Waals surface area contributed by atoms with Crippen LogP contribution in [-0.4, -0.2) is 11.2 Å². The van der Waals surface area contributed by atoms with Crippen LogP contribution in [0.2, 0.25) is 0 Å². The standard InChI is InChI=1S/C20H17F2NO2/c21-15-6-3-7-16(22)19(15)18-9-8-13(25-18)11-23-20-14-5-2-1-4-12(14)10-17(20)24/h1-9,17,20,23-24H,10-11H2/t17-,20+/m0/s1. The van der Waals surface area contributed by atoms with Crippen molar-refractivity contribution in [3.8, 4) is 11.3 Å². The highest BCUT2D eigenvalue weighted by Crippen LogP contribution is 2.32. The second kappa shape index (κ2) is 6.43. The summed E-state index contributed by atoms with van der Waals surface area (Å²) < 4.78 is 33.3. The number of furan rings is 1. The van der Waals surface area contributed by atoms with Crippen LogP contribution >= 0.6 is 0 Å². The maximum atomic E-state index is 13.8. The van der Waals surface area contributed by atoms with Crippen molar-refractivity contribution in [3.05, 3.63) is 83.1 Å². The van der Waals surface area contributed by atoms with Gasteiger partial charge in [0.15, 0.2) is 0 Å². The SMILES string of the molecule is O[C@H]1Cc2ccccc2[C@H]1NCc1ccc(-c2c(F)cccc2F)o1. The predicted molar refractivity (Wildman–Crippen MR) is 89.8 cm³/mol. The van der Waals surface area contributed by atoms with Crippen molar-refractivity contribution in [2.75, 3.05) is 0 Å². The van der Waals surface area contributed by atoms with Gasteiger partial charge in [-0.25, -0.2) is 8.78 Å². The molecule has 1 aromatic heterocycles. The lowest BCUT2D eigenvalue weighted by Gasteiger charge is -2.17. The second-order valence-corrected chi connectivity index (χ2v) is 6.19. The van der Waals surface area contributed by atoms with E-state index in [9.17, 15) is 13.9 Å². The highest BCUT2D eigenvalue weighted by atomic mass is 19.1. The molecule has 0 spiro atoms. The number of rotatable bonds is 4. The van der Waals surface area contributed by atoms with E-state index in [0.717, 1.165) is 11.1 Å². The quantitative estimate of drug-likeness (QED) is 0.755. The Morgan fingerprint density at radius 3 is 2.56 bits per heavy atom. The van der Waals surface area contributed by atoms with Gasteiger partial charge < -0.3 is 14.8 Å². The van der Waals surface area contributed by atoms with E-state index in [1.165, 1.54) is 18.2 Å². The summed E-state index contributed by atoms with van der Waals surface area (Å²) in [7, 11) is 0. The van der Waals surface area contributed by atoms with Crippen molar-refractivity contribution in [3.63, 3.8) is 0 Å². The van der Waals surface area contributed by atoms with Crippen LogP contribution in [-0.2, 0) is 13.0 Å². The number of fused-ring (bicyclic) bond motifs is 1. The molecule has 3 nitrogen and oxygen atoms in total. The topological polar surface area (TPSA) is 45.4 Å². The van der Waals surface area contributed by atoms with Gasteiger partial charge in [0.05, 0.1) is 24.3 Å². The van der Waals surface area contributed by atoms with Crippen molar-refractivity contribution in [1.29, 1.82) is 0 Å². The Bertz CT molecular complexity index is 886. The molecular weight excluding hydrogens is 324 g/mol. The lowest BCUT2D eigenvalue weighted by atomic mass is 10.1. The monoisotopic (exact) mass is 341 g/mol. The maximum absolute atomic E-state index is 13.8. The van der Waals surface area contributed by atoms with E-state index in [4.69, 9.17) is 4.42 Å². The van der Waals surface area contributed by atoms with Crippen LogP contribution in [0.25, 0.3) is 11.3 Å². The Labute approximate surface area is 143 Å². The van der Waals surface area contributed by atoms with Gasteiger partial charge in [-0.2, -0.15) is 0 Å². The molecule has 0 aliphatic heterocycles. The Balaban J connectivity index is 1.51. The molecule has 25 heavy (non-hydrogen) atoms. The normalized spacial score (nSPS) is 19.2. The molecule has 0 fully saturated rings. The highest BCUT2D eigenvalue weighted by Gasteiger charge is 2.30. The first kappa shape index (κ1) is 16.0. The van der Waals surface area contributed by atoms with Crippen LogP contribution in [0, 0.1) is 11.6 Å². The van der Waals surface area contributed by atoms with Crippen LogP contribution in [0.1, 0.15) is 22.9 Å². The molecule has 1 aliphatic carbocycles. The fraction of sp³-hybridized carbons (Fsp3) is 0.200. The first-order valence-electron chi connectivity index (χ1n) is 8.16. The molecular formula is C20H17F2NO2. The van der Waals surface area contributed by atoms with Crippen molar-refractivity contribution in [1.82, 2.24) is 5.32 Å². The molecule has 5 heteroatoms. The van der Waals surface area contributed by atoms with Crippen molar-refractivity contribution < 1.29 is 18.3 Å². The maximum Gasteiger partial charge on any atom is 0.140 e. The van der Waals surface area contributed by atoms with Gasteiger partial charge in [-0.15, -0.1) is 0 Å². The third-order valence-electron chi connectivity index (χ3n) is 4.57. The van der Waals surface area contributed by atoms with Crippen LogP contribution in [0.15, 0.2) is 59.0 Å². The van der Waals surface area contributed by atoms with Gasteiger partial charge >= 0.3 is 0 Å². The number of hydrogen-bond acceptors (Lipinski definition) is 3. The van der Waals surface area contributed by atoms with Gasteiger partial charge in [-0.3, -0.25) is 0 Å². The number of benzene rings is 2. The van der Waals surface area contributed by atoms with Crippen molar-refractivity contribution in [2.24, 2.45) is 0 Å². The van der Waals surface area contributed by atoms with Crippen molar-refractivity contribution in [2.45, 2.75) is 25.1 Å². The molecule has 0 unspecified atom stereocenters. The van der Waals surface area contributed by atoms with Crippen molar-refractivity contribution >= 4 is 0 Å². The van der Waals surface area contributed by atoms with Crippen LogP contribution < -0.4 is 5.32 Å². The van der Waals surface area contributed by atoms with E-state index in [1.807, 2.05) is 24.3 Å². The van der Waals surface area contributed by atoms with E-state index in [0.29, 0.717) is 18.7 Å². The molecule has 4 rings (SSSR count). The fourth-order valence-electron chi connectivity index (χ4n) is 3.37. The van der Waals surface area contributed by atoms with Gasteiger partial charge in [0, 0.05) is 6.42 Å². The molecule has 0 radical (unpaired) electrons. The summed E-state index contributed by atoms with van der Waals surface area (Å²) in [4.78, 5) is 0. The average Bonchev–Trinajstić information content (AvgIpc) is 3.17. The highest BCUT2D eigenvalue weighted by molar-refractivity contribution is 5.59. The summed E-state index contributed by atoms with van der Waals surface area (Å²) in [6.07, 6.45) is 0.105. The second-order valence-electron chi connectivity index (χ2n) is 6.19. The third-order valence-corrected chi connectivity index (χ3v) is 4.57. The Morgan fingerprint density at radius 2 is 1.76 bits per heavy atom. The molecule has 2 aromatic carbocycles. The zero-order valence-electron chi connectivity index (χ0n) is 13.4. The smallest absolute Gasteiger partial charge is 0.140 e. The Hall–Kier alpha value is -2.50. The van der Waals surface area contributed by atoms with Gasteiger partial charge in [0.25, 0.3) is 0 Å². The summed E-state index contributed by atoms with van der Waals surface area (Å²) in [5.74, 6) is -0.614. The molecule has 128 valence electrons. The van der Waals surface area contributed by atoms with Gasteiger partial charge in [-0.05, 0) is 35.4 Å². The van der Waals surface area contributed by atoms with Gasteiger partial charge in [-0.1, -0.05) is 30.3 Å². The molecule has 3 aromatic rings. The fourth-order valence-corrected chi connectivity index (χ4v) is 3.37. The lowest BCUT2D eigenvalue weighted by Crippen LogP contribution is -2.28. The molecule has 0 bridgehead atoms. The van der Waals surface area contributed by atoms with E-state index >= 15 is 0 Å². The predicted octanol–water partition coefficient (Wildman–Crippen LogP) is 3.97. The van der Waals surface area contributed by atoms with Crippen LogP contribution in [0.4, 0.5) is 8.78 Å². The minimum absolute atomic E-state index is 0.153. The molecule has 2 atom stereocenters. The first-order chi connectivity index (χ1) is 12.1. The number of nitrogens with one attached hydrogen (secondary N) is 1. The van der Waals surface area contributed by atoms with Gasteiger partial charge in [0.2, 0.25) is 0 Å². The Morgan fingerprint density at radius 1 is 1.00 bits per heavy atom. The zero-order valence-corrected chi connectivity index (χ0v) is 13.4. The van der Waals surface area contributed by atoms with E-state index in [-0.39, 0.29) is 17.4 Å². The number of aliphatic hydroxyl groups is 1. The Kier molecular flexibility index (Phi) is 4.11. The average molecular weight is 341 g/mol. The summed E-state index contributed by atoms with van der Waals surface area (Å²) in [6, 6.07) is 14.7. The molecule has 2 N–H and O–H groups in total. The molecule has 0 amide bonds. The minimum Gasteiger partial charge on any atom is -0.460 e. The number of halogens is 2. The van der Waals surface area contributed by atoms with E-state index in [1.54, 1.807) is 12.1 Å². The molecule has 1 aliphatic rings. The number of aliphatic hydroxyl groups excluding tert-OH is 1. The molecule has 0 saturated heterocycles.